The zero-order valence-electron chi connectivity index (χ0n) is 15.9. The van der Waals surface area contributed by atoms with Gasteiger partial charge >= 0.3 is 0 Å². The van der Waals surface area contributed by atoms with Crippen molar-refractivity contribution in [1.29, 1.82) is 5.41 Å². The van der Waals surface area contributed by atoms with Crippen LogP contribution in [0, 0.1) is 5.41 Å². The van der Waals surface area contributed by atoms with Crippen molar-refractivity contribution in [2.45, 2.75) is 16.3 Å². The minimum atomic E-state index is -0.192. The fourth-order valence-electron chi connectivity index (χ4n) is 3.33. The highest BCUT2D eigenvalue weighted by Crippen LogP contribution is 2.48. The first kappa shape index (κ1) is 20.3. The third-order valence-corrected chi connectivity index (χ3v) is 7.29. The maximum absolute atomic E-state index is 13.5. The fraction of sp³-hybridized carbons (Fsp3) is 0.0455. The second-order valence-electron chi connectivity index (χ2n) is 6.79. The summed E-state index contributed by atoms with van der Waals surface area (Å²) in [5, 5.41) is 14.7. The van der Waals surface area contributed by atoms with Crippen molar-refractivity contribution in [2.75, 3.05) is 4.90 Å². The summed E-state index contributed by atoms with van der Waals surface area (Å²) < 4.78 is 1.42. The van der Waals surface area contributed by atoms with Gasteiger partial charge in [-0.25, -0.2) is 4.68 Å². The highest BCUT2D eigenvalue weighted by molar-refractivity contribution is 7.99. The van der Waals surface area contributed by atoms with Crippen LogP contribution in [0.2, 0.25) is 10.0 Å². The molecule has 1 N–H and O–H groups in total. The number of benzene rings is 3. The molecule has 0 saturated heterocycles. The molecule has 3 aromatic carbocycles. The minimum Gasteiger partial charge on any atom is -0.277 e. The van der Waals surface area contributed by atoms with E-state index in [2.05, 4.69) is 5.10 Å². The average Bonchev–Trinajstić information content (AvgIpc) is 3.12. The van der Waals surface area contributed by atoms with Gasteiger partial charge in [-0.05, 0) is 42.5 Å². The van der Waals surface area contributed by atoms with E-state index >= 15 is 0 Å². The Morgan fingerprint density at radius 1 is 0.935 bits per heavy atom. The molecule has 0 atom stereocenters. The van der Waals surface area contributed by atoms with Crippen LogP contribution in [-0.4, -0.2) is 15.7 Å². The number of hydrogen-bond acceptors (Lipinski definition) is 5. The quantitative estimate of drug-likeness (QED) is 0.374. The fourth-order valence-corrected chi connectivity index (χ4v) is 5.45. The summed E-state index contributed by atoms with van der Waals surface area (Å²) in [6.07, 6.45) is 0. The predicted octanol–water partition coefficient (Wildman–Crippen LogP) is 6.23. The Labute approximate surface area is 196 Å². The van der Waals surface area contributed by atoms with Crippen molar-refractivity contribution in [3.05, 3.63) is 81.6 Å². The zero-order valence-corrected chi connectivity index (χ0v) is 19.0. The largest absolute Gasteiger partial charge is 0.277 e. The molecule has 0 unspecified atom stereocenters. The molecular formula is C22H14Cl2N4OS2. The van der Waals surface area contributed by atoms with Gasteiger partial charge in [0, 0.05) is 25.4 Å². The monoisotopic (exact) mass is 484 g/mol. The van der Waals surface area contributed by atoms with Gasteiger partial charge in [0.2, 0.25) is 4.80 Å². The van der Waals surface area contributed by atoms with Crippen molar-refractivity contribution in [1.82, 2.24) is 9.78 Å². The van der Waals surface area contributed by atoms with Crippen LogP contribution in [0.15, 0.2) is 76.5 Å². The van der Waals surface area contributed by atoms with Gasteiger partial charge in [-0.15, -0.1) is 0 Å². The Hall–Kier alpha value is -2.58. The van der Waals surface area contributed by atoms with E-state index in [1.54, 1.807) is 34.9 Å². The second kappa shape index (κ2) is 8.16. The van der Waals surface area contributed by atoms with Gasteiger partial charge in [-0.2, -0.15) is 5.10 Å². The highest BCUT2D eigenvalue weighted by Gasteiger charge is 2.29. The van der Waals surface area contributed by atoms with E-state index in [0.29, 0.717) is 15.1 Å². The van der Waals surface area contributed by atoms with Gasteiger partial charge in [-0.3, -0.25) is 15.1 Å². The molecule has 2 heterocycles. The lowest BCUT2D eigenvalue weighted by molar-refractivity contribution is -0.118. The highest BCUT2D eigenvalue weighted by atomic mass is 35.5. The number of hydrogen-bond donors (Lipinski definition) is 1. The number of rotatable bonds is 3. The molecule has 0 spiro atoms. The average molecular weight is 485 g/mol. The topological polar surface area (TPSA) is 62.0 Å². The Morgan fingerprint density at radius 3 is 2.45 bits per heavy atom. The van der Waals surface area contributed by atoms with Crippen molar-refractivity contribution in [2.24, 2.45) is 0 Å². The molecular weight excluding hydrogens is 471 g/mol. The van der Waals surface area contributed by atoms with E-state index in [-0.39, 0.29) is 17.3 Å². The van der Waals surface area contributed by atoms with E-state index in [4.69, 9.17) is 28.6 Å². The van der Waals surface area contributed by atoms with Gasteiger partial charge in [0.1, 0.15) is 11.6 Å². The van der Waals surface area contributed by atoms with E-state index < -0.39 is 0 Å². The number of fused-ring (bicyclic) bond motifs is 2. The minimum absolute atomic E-state index is 0.0616. The molecule has 0 aliphatic carbocycles. The SMILES string of the molecule is N=c1sc(-c2ccc(Cl)cc2)nn1CC(=O)N1c2ccccc2Sc2ccc(Cl)cc21. The number of halogens is 2. The Kier molecular flexibility index (Phi) is 5.35. The van der Waals surface area contributed by atoms with E-state index in [9.17, 15) is 4.79 Å². The van der Waals surface area contributed by atoms with E-state index in [0.717, 1.165) is 26.7 Å². The van der Waals surface area contributed by atoms with Gasteiger partial charge in [-0.1, -0.05) is 70.6 Å². The molecule has 0 saturated carbocycles. The normalized spacial score (nSPS) is 12.4. The van der Waals surface area contributed by atoms with Crippen LogP contribution in [0.3, 0.4) is 0 Å². The first-order valence-electron chi connectivity index (χ1n) is 9.27. The summed E-state index contributed by atoms with van der Waals surface area (Å²) in [7, 11) is 0. The van der Waals surface area contributed by atoms with Crippen molar-refractivity contribution in [3.8, 4) is 10.6 Å². The van der Waals surface area contributed by atoms with Crippen LogP contribution >= 0.6 is 46.3 Å². The summed E-state index contributed by atoms with van der Waals surface area (Å²) in [6, 6.07) is 20.5. The van der Waals surface area contributed by atoms with E-state index in [1.165, 1.54) is 16.0 Å². The lowest BCUT2D eigenvalue weighted by Gasteiger charge is -2.31. The van der Waals surface area contributed by atoms with Gasteiger partial charge in [0.25, 0.3) is 5.91 Å². The summed E-state index contributed by atoms with van der Waals surface area (Å²) in [6.45, 7) is -0.0616. The Balaban J connectivity index is 1.51. The molecule has 0 bridgehead atoms. The lowest BCUT2D eigenvalue weighted by atomic mass is 10.2. The number of para-hydroxylation sites is 1. The van der Waals surface area contributed by atoms with Crippen molar-refractivity contribution >= 4 is 63.6 Å². The third-order valence-electron chi connectivity index (χ3n) is 4.75. The molecule has 1 aliphatic heterocycles. The molecule has 1 aromatic heterocycles. The standard InChI is InChI=1S/C22H14Cl2N4OS2/c23-14-7-5-13(6-8-14)21-26-27(22(25)31-21)12-20(29)28-16-3-1-2-4-18(16)30-19-10-9-15(24)11-17(19)28/h1-11,25H,12H2. The molecule has 0 fully saturated rings. The third kappa shape index (κ3) is 3.90. The molecule has 154 valence electrons. The maximum Gasteiger partial charge on any atom is 0.253 e. The van der Waals surface area contributed by atoms with Crippen LogP contribution in [0.4, 0.5) is 11.4 Å². The van der Waals surface area contributed by atoms with Gasteiger partial charge < -0.3 is 0 Å². The summed E-state index contributed by atoms with van der Waals surface area (Å²) >= 11 is 15.0. The van der Waals surface area contributed by atoms with E-state index in [1.807, 2.05) is 48.5 Å². The Bertz CT molecular complexity index is 1360. The predicted molar refractivity (Wildman–Crippen MR) is 126 cm³/mol. The number of nitrogens with zero attached hydrogens (tertiary/aromatic N) is 3. The number of amides is 1. The number of nitrogens with one attached hydrogen (secondary N) is 1. The molecule has 0 radical (unpaired) electrons. The van der Waals surface area contributed by atoms with Crippen molar-refractivity contribution in [3.63, 3.8) is 0 Å². The lowest BCUT2D eigenvalue weighted by Crippen LogP contribution is -2.34. The number of aromatic nitrogens is 2. The summed E-state index contributed by atoms with van der Waals surface area (Å²) in [5.74, 6) is -0.192. The van der Waals surface area contributed by atoms with Gasteiger partial charge in [0.15, 0.2) is 0 Å². The summed E-state index contributed by atoms with van der Waals surface area (Å²) in [4.78, 5) is 17.3. The molecule has 1 aliphatic rings. The number of carbonyl (C=O) groups excluding carboxylic acids is 1. The molecule has 5 rings (SSSR count). The second-order valence-corrected chi connectivity index (χ2v) is 9.72. The van der Waals surface area contributed by atoms with Crippen molar-refractivity contribution < 1.29 is 4.79 Å². The first-order valence-corrected chi connectivity index (χ1v) is 11.7. The van der Waals surface area contributed by atoms with Crippen LogP contribution in [0.25, 0.3) is 10.6 Å². The molecule has 1 amide bonds. The zero-order chi connectivity index (χ0) is 21.5. The van der Waals surface area contributed by atoms with Gasteiger partial charge in [0.05, 0.1) is 11.4 Å². The number of carbonyl (C=O) groups is 1. The van der Waals surface area contributed by atoms with Crippen LogP contribution in [0.1, 0.15) is 0 Å². The maximum atomic E-state index is 13.5. The molecule has 31 heavy (non-hydrogen) atoms. The molecule has 5 nitrogen and oxygen atoms in total. The smallest absolute Gasteiger partial charge is 0.253 e. The molecule has 4 aromatic rings. The first-order chi connectivity index (χ1) is 15.0. The van der Waals surface area contributed by atoms with Crippen LogP contribution in [-0.2, 0) is 11.3 Å². The molecule has 9 heteroatoms. The Morgan fingerprint density at radius 2 is 1.65 bits per heavy atom. The van der Waals surface area contributed by atoms with Crippen LogP contribution < -0.4 is 9.70 Å². The van der Waals surface area contributed by atoms with Crippen LogP contribution in [0.5, 0.6) is 0 Å². The summed E-state index contributed by atoms with van der Waals surface area (Å²) in [5.41, 5.74) is 2.39. The number of anilines is 2.